The summed E-state index contributed by atoms with van der Waals surface area (Å²) < 4.78 is 5.52. The van der Waals surface area contributed by atoms with Gasteiger partial charge >= 0.3 is 0 Å². The number of nitrogens with two attached hydrogens (primary N) is 1. The van der Waals surface area contributed by atoms with E-state index in [0.29, 0.717) is 29.9 Å². The molecule has 0 unspecified atom stereocenters. The molecule has 20 heavy (non-hydrogen) atoms. The largest absolute Gasteiger partial charge is 0.476 e. The van der Waals surface area contributed by atoms with Crippen molar-refractivity contribution < 1.29 is 4.74 Å². The van der Waals surface area contributed by atoms with Crippen LogP contribution < -0.4 is 15.8 Å². The Balaban J connectivity index is 2.05. The van der Waals surface area contributed by atoms with Crippen LogP contribution in [0, 0.1) is 0 Å². The summed E-state index contributed by atoms with van der Waals surface area (Å²) in [6.07, 6.45) is 3.37. The molecule has 0 aliphatic heterocycles. The fraction of sp³-hybridized carbons (Fsp3) is 0.714. The van der Waals surface area contributed by atoms with Gasteiger partial charge in [0.05, 0.1) is 6.61 Å². The SMILES string of the molecule is CCOc1nc(C2CC2)nc(NCCCN(C)C)c1N. The lowest BCUT2D eigenvalue weighted by Crippen LogP contribution is -2.17. The highest BCUT2D eigenvalue weighted by atomic mass is 16.5. The molecule has 1 aromatic heterocycles. The van der Waals surface area contributed by atoms with Gasteiger partial charge in [-0.3, -0.25) is 0 Å². The quantitative estimate of drug-likeness (QED) is 0.705. The molecule has 1 aromatic rings. The summed E-state index contributed by atoms with van der Waals surface area (Å²) in [6, 6.07) is 0. The first kappa shape index (κ1) is 14.8. The van der Waals surface area contributed by atoms with E-state index in [1.54, 1.807) is 0 Å². The molecule has 0 bridgehead atoms. The second-order valence-electron chi connectivity index (χ2n) is 5.44. The van der Waals surface area contributed by atoms with Crippen molar-refractivity contribution in [1.82, 2.24) is 14.9 Å². The number of hydrogen-bond donors (Lipinski definition) is 2. The fourth-order valence-electron chi connectivity index (χ4n) is 1.97. The van der Waals surface area contributed by atoms with Gasteiger partial charge in [-0.05, 0) is 46.8 Å². The summed E-state index contributed by atoms with van der Waals surface area (Å²) in [5.41, 5.74) is 6.59. The monoisotopic (exact) mass is 279 g/mol. The lowest BCUT2D eigenvalue weighted by molar-refractivity contribution is 0.327. The van der Waals surface area contributed by atoms with Crippen LogP contribution >= 0.6 is 0 Å². The maximum atomic E-state index is 6.08. The summed E-state index contributed by atoms with van der Waals surface area (Å²) >= 11 is 0. The Bertz CT molecular complexity index is 445. The van der Waals surface area contributed by atoms with E-state index in [1.165, 1.54) is 0 Å². The van der Waals surface area contributed by atoms with Gasteiger partial charge < -0.3 is 20.7 Å². The Labute approximate surface area is 120 Å². The van der Waals surface area contributed by atoms with Gasteiger partial charge in [-0.1, -0.05) is 0 Å². The van der Waals surface area contributed by atoms with Gasteiger partial charge in [0.2, 0.25) is 5.88 Å². The molecule has 112 valence electrons. The molecule has 0 spiro atoms. The summed E-state index contributed by atoms with van der Waals surface area (Å²) in [5, 5.41) is 3.31. The molecule has 2 rings (SSSR count). The molecule has 0 atom stereocenters. The number of nitrogens with zero attached hydrogens (tertiary/aromatic N) is 3. The molecule has 0 amide bonds. The van der Waals surface area contributed by atoms with Crippen LogP contribution in [0.25, 0.3) is 0 Å². The zero-order valence-corrected chi connectivity index (χ0v) is 12.6. The molecule has 6 nitrogen and oxygen atoms in total. The third-order valence-corrected chi connectivity index (χ3v) is 3.23. The lowest BCUT2D eigenvalue weighted by atomic mass is 10.3. The second-order valence-corrected chi connectivity index (χ2v) is 5.44. The Hall–Kier alpha value is -1.56. The number of ether oxygens (including phenoxy) is 1. The molecule has 0 aromatic carbocycles. The molecular weight excluding hydrogens is 254 g/mol. The smallest absolute Gasteiger partial charge is 0.242 e. The van der Waals surface area contributed by atoms with Gasteiger partial charge in [0.25, 0.3) is 0 Å². The number of aromatic nitrogens is 2. The first-order chi connectivity index (χ1) is 9.61. The highest BCUT2D eigenvalue weighted by molar-refractivity contribution is 5.67. The van der Waals surface area contributed by atoms with Crippen LogP contribution in [-0.2, 0) is 0 Å². The summed E-state index contributed by atoms with van der Waals surface area (Å²) in [6.45, 7) is 4.37. The van der Waals surface area contributed by atoms with Crippen LogP contribution in [0.1, 0.15) is 37.9 Å². The molecule has 1 fully saturated rings. The average Bonchev–Trinajstić information content (AvgIpc) is 3.22. The fourth-order valence-corrected chi connectivity index (χ4v) is 1.97. The Morgan fingerprint density at radius 3 is 2.70 bits per heavy atom. The lowest BCUT2D eigenvalue weighted by Gasteiger charge is -2.14. The zero-order valence-electron chi connectivity index (χ0n) is 12.6. The minimum atomic E-state index is 0.483. The van der Waals surface area contributed by atoms with Gasteiger partial charge in [-0.25, -0.2) is 4.98 Å². The molecule has 0 saturated heterocycles. The first-order valence-corrected chi connectivity index (χ1v) is 7.30. The highest BCUT2D eigenvalue weighted by Gasteiger charge is 2.28. The standard InChI is InChI=1S/C14H25N5O/c1-4-20-14-11(15)13(16-8-5-9-19(2)3)17-12(18-14)10-6-7-10/h10H,4-9,15H2,1-3H3,(H,16,17,18). The van der Waals surface area contributed by atoms with E-state index in [9.17, 15) is 0 Å². The maximum Gasteiger partial charge on any atom is 0.242 e. The molecule has 1 saturated carbocycles. The van der Waals surface area contributed by atoms with Crippen molar-refractivity contribution in [3.8, 4) is 5.88 Å². The van der Waals surface area contributed by atoms with Crippen molar-refractivity contribution in [2.75, 3.05) is 44.8 Å². The van der Waals surface area contributed by atoms with Crippen molar-refractivity contribution in [3.05, 3.63) is 5.82 Å². The topological polar surface area (TPSA) is 76.3 Å². The molecule has 3 N–H and O–H groups in total. The number of anilines is 2. The third-order valence-electron chi connectivity index (χ3n) is 3.23. The summed E-state index contributed by atoms with van der Waals surface area (Å²) in [5.74, 6) is 2.57. The minimum Gasteiger partial charge on any atom is -0.476 e. The molecule has 1 aliphatic rings. The van der Waals surface area contributed by atoms with Crippen LogP contribution in [0.2, 0.25) is 0 Å². The molecule has 0 radical (unpaired) electrons. The van der Waals surface area contributed by atoms with Crippen LogP contribution in [0.4, 0.5) is 11.5 Å². The van der Waals surface area contributed by atoms with Crippen LogP contribution in [-0.4, -0.2) is 48.7 Å². The first-order valence-electron chi connectivity index (χ1n) is 7.30. The van der Waals surface area contributed by atoms with Gasteiger partial charge in [-0.15, -0.1) is 0 Å². The second kappa shape index (κ2) is 6.74. The summed E-state index contributed by atoms with van der Waals surface area (Å²) in [4.78, 5) is 11.1. The van der Waals surface area contributed by atoms with Crippen molar-refractivity contribution in [2.24, 2.45) is 0 Å². The van der Waals surface area contributed by atoms with E-state index in [2.05, 4.69) is 34.3 Å². The Morgan fingerprint density at radius 2 is 2.10 bits per heavy atom. The average molecular weight is 279 g/mol. The van der Waals surface area contributed by atoms with E-state index in [1.807, 2.05) is 6.92 Å². The normalized spacial score (nSPS) is 14.6. The van der Waals surface area contributed by atoms with Crippen LogP contribution in [0.5, 0.6) is 5.88 Å². The Morgan fingerprint density at radius 1 is 1.35 bits per heavy atom. The Kier molecular flexibility index (Phi) is 5.00. The van der Waals surface area contributed by atoms with E-state index in [0.717, 1.165) is 38.2 Å². The number of nitrogen functional groups attached to an aromatic ring is 1. The third kappa shape index (κ3) is 3.96. The minimum absolute atomic E-state index is 0.483. The van der Waals surface area contributed by atoms with Crippen molar-refractivity contribution in [1.29, 1.82) is 0 Å². The van der Waals surface area contributed by atoms with Crippen molar-refractivity contribution in [2.45, 2.75) is 32.1 Å². The van der Waals surface area contributed by atoms with Crippen LogP contribution in [0.15, 0.2) is 0 Å². The molecule has 1 aliphatic carbocycles. The predicted molar refractivity (Wildman–Crippen MR) is 81.2 cm³/mol. The molecular formula is C14H25N5O. The highest BCUT2D eigenvalue weighted by Crippen LogP contribution is 2.40. The van der Waals surface area contributed by atoms with Gasteiger partial charge in [0.1, 0.15) is 11.5 Å². The van der Waals surface area contributed by atoms with Crippen molar-refractivity contribution in [3.63, 3.8) is 0 Å². The molecule has 6 heteroatoms. The number of nitrogens with one attached hydrogen (secondary N) is 1. The molecule has 1 heterocycles. The van der Waals surface area contributed by atoms with Crippen molar-refractivity contribution >= 4 is 11.5 Å². The predicted octanol–water partition coefficient (Wildman–Crippen LogP) is 1.70. The summed E-state index contributed by atoms with van der Waals surface area (Å²) in [7, 11) is 4.13. The van der Waals surface area contributed by atoms with E-state index < -0.39 is 0 Å². The number of hydrogen-bond acceptors (Lipinski definition) is 6. The van der Waals surface area contributed by atoms with E-state index in [-0.39, 0.29) is 0 Å². The van der Waals surface area contributed by atoms with E-state index in [4.69, 9.17) is 10.5 Å². The van der Waals surface area contributed by atoms with Crippen LogP contribution in [0.3, 0.4) is 0 Å². The van der Waals surface area contributed by atoms with Gasteiger partial charge in [0, 0.05) is 12.5 Å². The zero-order chi connectivity index (χ0) is 14.5. The number of rotatable bonds is 8. The van der Waals surface area contributed by atoms with Gasteiger partial charge in [-0.2, -0.15) is 4.98 Å². The maximum absolute atomic E-state index is 6.08. The van der Waals surface area contributed by atoms with E-state index >= 15 is 0 Å². The van der Waals surface area contributed by atoms with Gasteiger partial charge in [0.15, 0.2) is 5.82 Å².